The van der Waals surface area contributed by atoms with Gasteiger partial charge >= 0.3 is 6.03 Å². The maximum absolute atomic E-state index is 13.0. The van der Waals surface area contributed by atoms with E-state index in [2.05, 4.69) is 28.6 Å². The van der Waals surface area contributed by atoms with Crippen molar-refractivity contribution >= 4 is 12.0 Å². The van der Waals surface area contributed by atoms with Gasteiger partial charge in [-0.2, -0.15) is 0 Å². The average Bonchev–Trinajstić information content (AvgIpc) is 2.98. The lowest BCUT2D eigenvalue weighted by atomic mass is 9.97. The van der Waals surface area contributed by atoms with Crippen LogP contribution in [-0.4, -0.2) is 40.2 Å². The Hall–Kier alpha value is -2.67. The smallest absolute Gasteiger partial charge is 0.318 e. The van der Waals surface area contributed by atoms with Gasteiger partial charge in [0.2, 0.25) is 5.95 Å². The normalized spacial score (nSPS) is 18.4. The minimum Gasteiger partial charge on any atom is -0.381 e. The fourth-order valence-electron chi connectivity index (χ4n) is 4.04. The lowest BCUT2D eigenvalue weighted by Gasteiger charge is -2.32. The van der Waals surface area contributed by atoms with E-state index in [4.69, 9.17) is 9.72 Å². The molecule has 0 radical (unpaired) electrons. The third-order valence-electron chi connectivity index (χ3n) is 6.00. The van der Waals surface area contributed by atoms with Crippen molar-refractivity contribution in [2.45, 2.75) is 58.3 Å². The Kier molecular flexibility index (Phi) is 5.41. The molecule has 154 valence electrons. The molecule has 3 heterocycles. The molecule has 1 aromatic heterocycles. The van der Waals surface area contributed by atoms with Crippen molar-refractivity contribution in [3.63, 3.8) is 0 Å². The summed E-state index contributed by atoms with van der Waals surface area (Å²) in [6, 6.07) is 8.34. The highest BCUT2D eigenvalue weighted by molar-refractivity contribution is 5.76. The fraction of sp³-hybridized carbons (Fsp3) is 0.500. The van der Waals surface area contributed by atoms with Gasteiger partial charge in [-0.1, -0.05) is 24.3 Å². The van der Waals surface area contributed by atoms with Gasteiger partial charge in [0.25, 0.3) is 0 Å². The van der Waals surface area contributed by atoms with E-state index in [0.717, 1.165) is 42.9 Å². The highest BCUT2D eigenvalue weighted by Crippen LogP contribution is 2.37. The van der Waals surface area contributed by atoms with Crippen LogP contribution >= 0.6 is 0 Å². The van der Waals surface area contributed by atoms with Crippen molar-refractivity contribution in [3.8, 4) is 0 Å². The van der Waals surface area contributed by atoms with Crippen molar-refractivity contribution in [2.24, 2.45) is 0 Å². The lowest BCUT2D eigenvalue weighted by Crippen LogP contribution is -2.45. The Morgan fingerprint density at radius 3 is 2.79 bits per heavy atom. The van der Waals surface area contributed by atoms with Crippen LogP contribution in [0.2, 0.25) is 0 Å². The first-order valence-electron chi connectivity index (χ1n) is 10.3. The number of anilines is 1. The van der Waals surface area contributed by atoms with Crippen molar-refractivity contribution in [1.82, 2.24) is 20.2 Å². The van der Waals surface area contributed by atoms with Gasteiger partial charge in [0, 0.05) is 37.6 Å². The Bertz CT molecular complexity index is 893. The molecule has 0 atom stereocenters. The van der Waals surface area contributed by atoms with Crippen molar-refractivity contribution < 1.29 is 9.53 Å². The monoisotopic (exact) mass is 395 g/mol. The first-order valence-corrected chi connectivity index (χ1v) is 10.3. The summed E-state index contributed by atoms with van der Waals surface area (Å²) < 4.78 is 5.41. The third kappa shape index (κ3) is 4.05. The number of ether oxygens (including phenoxy) is 1. The standard InChI is InChI=1S/C22H29N5O2/c1-15-6-4-5-7-16(15)12-24-21(28)27-14-19-18(22(27,2)3)13-23-20(26-19)25-17-8-10-29-11-9-17/h4-7,13,17H,8-12,14H2,1-3H3,(H,24,28)(H,23,25,26). The van der Waals surface area contributed by atoms with Crippen molar-refractivity contribution in [2.75, 3.05) is 18.5 Å². The van der Waals surface area contributed by atoms with Gasteiger partial charge in [-0.15, -0.1) is 0 Å². The van der Waals surface area contributed by atoms with Gasteiger partial charge in [-0.05, 0) is 44.7 Å². The molecular weight excluding hydrogens is 366 g/mol. The molecule has 0 bridgehead atoms. The van der Waals surface area contributed by atoms with E-state index in [1.807, 2.05) is 43.1 Å². The Balaban J connectivity index is 1.44. The van der Waals surface area contributed by atoms with Crippen LogP contribution in [0.1, 0.15) is 49.1 Å². The van der Waals surface area contributed by atoms with E-state index in [9.17, 15) is 4.79 Å². The van der Waals surface area contributed by atoms with Crippen LogP contribution in [0.25, 0.3) is 0 Å². The van der Waals surface area contributed by atoms with Crippen LogP contribution in [0.4, 0.5) is 10.7 Å². The molecule has 1 fully saturated rings. The summed E-state index contributed by atoms with van der Waals surface area (Å²) in [6.45, 7) is 8.67. The van der Waals surface area contributed by atoms with E-state index in [0.29, 0.717) is 25.1 Å². The molecule has 7 nitrogen and oxygen atoms in total. The predicted molar refractivity (Wildman–Crippen MR) is 111 cm³/mol. The first-order chi connectivity index (χ1) is 13.9. The number of amides is 2. The fourth-order valence-corrected chi connectivity index (χ4v) is 4.04. The van der Waals surface area contributed by atoms with Crippen LogP contribution in [0.15, 0.2) is 30.5 Å². The number of carbonyl (C=O) groups excluding carboxylic acids is 1. The summed E-state index contributed by atoms with van der Waals surface area (Å²) in [7, 11) is 0. The molecular formula is C22H29N5O2. The van der Waals surface area contributed by atoms with Crippen LogP contribution in [0.3, 0.4) is 0 Å². The number of urea groups is 1. The Morgan fingerprint density at radius 2 is 2.03 bits per heavy atom. The lowest BCUT2D eigenvalue weighted by molar-refractivity contribution is 0.0903. The second kappa shape index (κ2) is 7.99. The zero-order valence-corrected chi connectivity index (χ0v) is 17.4. The molecule has 0 unspecified atom stereocenters. The highest BCUT2D eigenvalue weighted by Gasteiger charge is 2.41. The predicted octanol–water partition coefficient (Wildman–Crippen LogP) is 3.34. The van der Waals surface area contributed by atoms with Crippen LogP contribution < -0.4 is 10.6 Å². The number of nitrogens with zero attached hydrogens (tertiary/aromatic N) is 3. The summed E-state index contributed by atoms with van der Waals surface area (Å²) in [5.74, 6) is 0.633. The number of aryl methyl sites for hydroxylation is 1. The molecule has 1 aromatic carbocycles. The molecule has 29 heavy (non-hydrogen) atoms. The largest absolute Gasteiger partial charge is 0.381 e. The van der Waals surface area contributed by atoms with Gasteiger partial charge in [-0.25, -0.2) is 14.8 Å². The molecule has 0 aliphatic carbocycles. The molecule has 1 saturated heterocycles. The number of carbonyl (C=O) groups is 1. The molecule has 2 aliphatic rings. The first kappa shape index (κ1) is 19.6. The van der Waals surface area contributed by atoms with Crippen LogP contribution in [-0.2, 0) is 23.4 Å². The number of aromatic nitrogens is 2. The van der Waals surface area contributed by atoms with E-state index in [1.54, 1.807) is 0 Å². The van der Waals surface area contributed by atoms with E-state index in [-0.39, 0.29) is 6.03 Å². The van der Waals surface area contributed by atoms with Crippen molar-refractivity contribution in [1.29, 1.82) is 0 Å². The molecule has 0 spiro atoms. The number of fused-ring (bicyclic) bond motifs is 1. The molecule has 7 heteroatoms. The molecule has 2 aromatic rings. The Labute approximate surface area is 171 Å². The van der Waals surface area contributed by atoms with E-state index >= 15 is 0 Å². The Morgan fingerprint density at radius 1 is 1.28 bits per heavy atom. The molecule has 2 amide bonds. The number of benzene rings is 1. The van der Waals surface area contributed by atoms with Gasteiger partial charge < -0.3 is 20.3 Å². The van der Waals surface area contributed by atoms with Gasteiger partial charge in [0.15, 0.2) is 0 Å². The summed E-state index contributed by atoms with van der Waals surface area (Å²) >= 11 is 0. The molecule has 2 aliphatic heterocycles. The van der Waals surface area contributed by atoms with Crippen LogP contribution in [0, 0.1) is 6.92 Å². The average molecular weight is 396 g/mol. The highest BCUT2D eigenvalue weighted by atomic mass is 16.5. The zero-order chi connectivity index (χ0) is 20.4. The van der Waals surface area contributed by atoms with E-state index < -0.39 is 5.54 Å². The van der Waals surface area contributed by atoms with Crippen molar-refractivity contribution in [3.05, 3.63) is 52.8 Å². The summed E-state index contributed by atoms with van der Waals surface area (Å²) in [5.41, 5.74) is 3.75. The molecule has 2 N–H and O–H groups in total. The topological polar surface area (TPSA) is 79.4 Å². The van der Waals surface area contributed by atoms with Crippen LogP contribution in [0.5, 0.6) is 0 Å². The maximum atomic E-state index is 13.0. The third-order valence-corrected chi connectivity index (χ3v) is 6.00. The summed E-state index contributed by atoms with van der Waals surface area (Å²) in [4.78, 5) is 24.0. The minimum absolute atomic E-state index is 0.0878. The number of nitrogens with one attached hydrogen (secondary N) is 2. The number of hydrogen-bond donors (Lipinski definition) is 2. The number of rotatable bonds is 4. The minimum atomic E-state index is -0.456. The second-order valence-electron chi connectivity index (χ2n) is 8.32. The van der Waals surface area contributed by atoms with Gasteiger partial charge in [0.1, 0.15) is 0 Å². The molecule has 0 saturated carbocycles. The summed E-state index contributed by atoms with van der Waals surface area (Å²) in [5, 5.41) is 6.48. The second-order valence-corrected chi connectivity index (χ2v) is 8.32. The quantitative estimate of drug-likeness (QED) is 0.830. The number of hydrogen-bond acceptors (Lipinski definition) is 5. The summed E-state index contributed by atoms with van der Waals surface area (Å²) in [6.07, 6.45) is 3.78. The van der Waals surface area contributed by atoms with Gasteiger partial charge in [-0.3, -0.25) is 0 Å². The SMILES string of the molecule is Cc1ccccc1CNC(=O)N1Cc2nc(NC3CCOCC3)ncc2C1(C)C. The molecule has 4 rings (SSSR count). The maximum Gasteiger partial charge on any atom is 0.318 e. The van der Waals surface area contributed by atoms with Gasteiger partial charge in [0.05, 0.1) is 17.8 Å². The van der Waals surface area contributed by atoms with E-state index in [1.165, 1.54) is 5.56 Å². The zero-order valence-electron chi connectivity index (χ0n) is 17.4.